The summed E-state index contributed by atoms with van der Waals surface area (Å²) in [6.07, 6.45) is 2.00. The average molecular weight is 359 g/mol. The van der Waals surface area contributed by atoms with Crippen LogP contribution in [-0.2, 0) is 24.2 Å². The Morgan fingerprint density at radius 3 is 2.56 bits per heavy atom. The smallest absolute Gasteiger partial charge is 0.243 e. The maximum Gasteiger partial charge on any atom is 0.243 e. The Kier molecular flexibility index (Phi) is 7.47. The van der Waals surface area contributed by atoms with E-state index in [1.54, 1.807) is 18.4 Å². The van der Waals surface area contributed by atoms with Gasteiger partial charge in [0.15, 0.2) is 5.96 Å². The number of nitrogens with one attached hydrogen (secondary N) is 3. The number of guanidine groups is 1. The molecule has 0 atom stereocenters. The van der Waals surface area contributed by atoms with E-state index in [-0.39, 0.29) is 12.5 Å². The van der Waals surface area contributed by atoms with Gasteiger partial charge in [-0.15, -0.1) is 11.3 Å². The van der Waals surface area contributed by atoms with Crippen LogP contribution in [0.5, 0.6) is 0 Å². The Hall–Kier alpha value is -2.34. The zero-order valence-electron chi connectivity index (χ0n) is 15.1. The number of carbonyl (C=O) groups is 1. The van der Waals surface area contributed by atoms with Crippen molar-refractivity contribution in [1.29, 1.82) is 0 Å². The molecule has 25 heavy (non-hydrogen) atoms. The Morgan fingerprint density at radius 2 is 1.88 bits per heavy atom. The molecule has 1 amide bonds. The number of amides is 1. The van der Waals surface area contributed by atoms with E-state index in [2.05, 4.69) is 46.9 Å². The van der Waals surface area contributed by atoms with Gasteiger partial charge in [0, 0.05) is 22.5 Å². The molecule has 1 aromatic carbocycles. The van der Waals surface area contributed by atoms with Gasteiger partial charge in [-0.2, -0.15) is 0 Å². The predicted molar refractivity (Wildman–Crippen MR) is 106 cm³/mol. The highest BCUT2D eigenvalue weighted by Gasteiger charge is 2.05. The second kappa shape index (κ2) is 9.84. The number of aliphatic imine (C=N–C) groups is 1. The molecule has 3 N–H and O–H groups in total. The summed E-state index contributed by atoms with van der Waals surface area (Å²) in [5.41, 5.74) is 2.02. The van der Waals surface area contributed by atoms with Crippen LogP contribution in [-0.4, -0.2) is 25.5 Å². The Labute approximate surface area is 153 Å². The van der Waals surface area contributed by atoms with E-state index in [1.807, 2.05) is 24.3 Å². The first kappa shape index (κ1) is 19.0. The lowest BCUT2D eigenvalue weighted by Gasteiger charge is -2.12. The Morgan fingerprint density at radius 1 is 1.08 bits per heavy atom. The molecular formula is C19H26N4OS. The lowest BCUT2D eigenvalue weighted by Crippen LogP contribution is -2.40. The van der Waals surface area contributed by atoms with Crippen LogP contribution in [0.2, 0.25) is 0 Å². The normalized spacial score (nSPS) is 11.2. The molecule has 0 aliphatic heterocycles. The number of hydrogen-bond acceptors (Lipinski definition) is 3. The lowest BCUT2D eigenvalue weighted by atomic mass is 10.1. The molecule has 5 nitrogen and oxygen atoms in total. The van der Waals surface area contributed by atoms with E-state index in [0.717, 1.165) is 18.5 Å². The summed E-state index contributed by atoms with van der Waals surface area (Å²) in [6, 6.07) is 12.2. The van der Waals surface area contributed by atoms with Crippen LogP contribution in [0.4, 0.5) is 5.69 Å². The summed E-state index contributed by atoms with van der Waals surface area (Å²) in [4.78, 5) is 18.9. The third-order valence-electron chi connectivity index (χ3n) is 3.75. The van der Waals surface area contributed by atoms with Crippen molar-refractivity contribution in [2.45, 2.75) is 33.2 Å². The van der Waals surface area contributed by atoms with Gasteiger partial charge in [0.2, 0.25) is 5.91 Å². The summed E-state index contributed by atoms with van der Waals surface area (Å²) >= 11 is 1.79. The molecule has 0 saturated carbocycles. The van der Waals surface area contributed by atoms with Crippen LogP contribution < -0.4 is 16.0 Å². The second-order valence-corrected chi connectivity index (χ2v) is 6.86. The molecule has 0 aliphatic rings. The minimum absolute atomic E-state index is 0.0967. The topological polar surface area (TPSA) is 65.5 Å². The third-order valence-corrected chi connectivity index (χ3v) is 4.98. The first-order chi connectivity index (χ1) is 12.1. The quantitative estimate of drug-likeness (QED) is 0.526. The van der Waals surface area contributed by atoms with Crippen LogP contribution in [0, 0.1) is 0 Å². The van der Waals surface area contributed by atoms with Gasteiger partial charge in [-0.05, 0) is 42.7 Å². The van der Waals surface area contributed by atoms with E-state index in [0.29, 0.717) is 12.5 Å². The van der Waals surface area contributed by atoms with Gasteiger partial charge in [0.25, 0.3) is 0 Å². The maximum atomic E-state index is 12.1. The van der Waals surface area contributed by atoms with Crippen molar-refractivity contribution in [3.8, 4) is 0 Å². The molecule has 1 aromatic heterocycles. The molecule has 0 radical (unpaired) electrons. The van der Waals surface area contributed by atoms with E-state index >= 15 is 0 Å². The lowest BCUT2D eigenvalue weighted by molar-refractivity contribution is -0.115. The number of thiophene rings is 1. The molecule has 0 unspecified atom stereocenters. The summed E-state index contributed by atoms with van der Waals surface area (Å²) in [5.74, 6) is 0.518. The van der Waals surface area contributed by atoms with Gasteiger partial charge in [-0.3, -0.25) is 9.79 Å². The van der Waals surface area contributed by atoms with Gasteiger partial charge >= 0.3 is 0 Å². The monoisotopic (exact) mass is 358 g/mol. The molecule has 0 bridgehead atoms. The molecular weight excluding hydrogens is 332 g/mol. The zero-order chi connectivity index (χ0) is 18.1. The first-order valence-corrected chi connectivity index (χ1v) is 9.37. The summed E-state index contributed by atoms with van der Waals surface area (Å²) in [5, 5.41) is 9.17. The summed E-state index contributed by atoms with van der Waals surface area (Å²) in [7, 11) is 1.70. The Balaban J connectivity index is 1.78. The molecule has 0 fully saturated rings. The molecule has 2 rings (SSSR count). The largest absolute Gasteiger partial charge is 0.352 e. The fraction of sp³-hybridized carbons (Fsp3) is 0.368. The highest BCUT2D eigenvalue weighted by atomic mass is 32.1. The van der Waals surface area contributed by atoms with E-state index in [4.69, 9.17) is 0 Å². The number of carbonyl (C=O) groups excluding carboxylic acids is 1. The van der Waals surface area contributed by atoms with E-state index in [1.165, 1.54) is 15.3 Å². The second-order valence-electron chi connectivity index (χ2n) is 5.60. The number of aryl methyl sites for hydroxylation is 2. The minimum atomic E-state index is -0.0967. The third kappa shape index (κ3) is 6.23. The van der Waals surface area contributed by atoms with Gasteiger partial charge < -0.3 is 16.0 Å². The van der Waals surface area contributed by atoms with E-state index in [9.17, 15) is 4.79 Å². The molecule has 0 spiro atoms. The molecule has 2 aromatic rings. The summed E-state index contributed by atoms with van der Waals surface area (Å²) in [6.45, 7) is 5.11. The van der Waals surface area contributed by atoms with Crippen molar-refractivity contribution < 1.29 is 4.79 Å². The highest BCUT2D eigenvalue weighted by molar-refractivity contribution is 7.11. The van der Waals surface area contributed by atoms with Crippen LogP contribution in [0.1, 0.15) is 29.2 Å². The van der Waals surface area contributed by atoms with Crippen molar-refractivity contribution in [2.24, 2.45) is 4.99 Å². The SMILES string of the molecule is CCc1cccc(NC(=O)CNC(=NC)NCc2ccc(CC)s2)c1. The van der Waals surface area contributed by atoms with Crippen LogP contribution in [0.3, 0.4) is 0 Å². The average Bonchev–Trinajstić information content (AvgIpc) is 3.10. The van der Waals surface area contributed by atoms with Crippen LogP contribution >= 0.6 is 11.3 Å². The number of anilines is 1. The van der Waals surface area contributed by atoms with Crippen molar-refractivity contribution >= 4 is 28.9 Å². The highest BCUT2D eigenvalue weighted by Crippen LogP contribution is 2.16. The molecule has 0 aliphatic carbocycles. The number of nitrogens with zero attached hydrogens (tertiary/aromatic N) is 1. The fourth-order valence-corrected chi connectivity index (χ4v) is 3.23. The van der Waals surface area contributed by atoms with Gasteiger partial charge in [0.05, 0.1) is 13.1 Å². The van der Waals surface area contributed by atoms with Gasteiger partial charge in [0.1, 0.15) is 0 Å². The Bertz CT molecular complexity index is 724. The molecule has 134 valence electrons. The van der Waals surface area contributed by atoms with Crippen molar-refractivity contribution in [3.05, 3.63) is 51.7 Å². The molecule has 1 heterocycles. The van der Waals surface area contributed by atoms with Crippen molar-refractivity contribution in [2.75, 3.05) is 18.9 Å². The summed E-state index contributed by atoms with van der Waals surface area (Å²) < 4.78 is 0. The molecule has 6 heteroatoms. The van der Waals surface area contributed by atoms with Crippen LogP contribution in [0.15, 0.2) is 41.4 Å². The van der Waals surface area contributed by atoms with Gasteiger partial charge in [-0.1, -0.05) is 26.0 Å². The van der Waals surface area contributed by atoms with Gasteiger partial charge in [-0.25, -0.2) is 0 Å². The number of benzene rings is 1. The zero-order valence-corrected chi connectivity index (χ0v) is 15.9. The minimum Gasteiger partial charge on any atom is -0.352 e. The fourth-order valence-electron chi connectivity index (χ4n) is 2.34. The number of hydrogen-bond donors (Lipinski definition) is 3. The van der Waals surface area contributed by atoms with Crippen LogP contribution in [0.25, 0.3) is 0 Å². The maximum absolute atomic E-state index is 12.1. The first-order valence-electron chi connectivity index (χ1n) is 8.55. The molecule has 0 saturated heterocycles. The standard InChI is InChI=1S/C19H26N4OS/c1-4-14-7-6-8-15(11-14)23-18(24)13-22-19(20-3)21-12-17-10-9-16(5-2)25-17/h6-11H,4-5,12-13H2,1-3H3,(H,23,24)(H2,20,21,22). The van der Waals surface area contributed by atoms with E-state index < -0.39 is 0 Å². The van der Waals surface area contributed by atoms with Crippen molar-refractivity contribution in [3.63, 3.8) is 0 Å². The predicted octanol–water partition coefficient (Wildman–Crippen LogP) is 3.18. The number of rotatable bonds is 7. The van der Waals surface area contributed by atoms with Crippen molar-refractivity contribution in [1.82, 2.24) is 10.6 Å².